The third-order valence-corrected chi connectivity index (χ3v) is 3.82. The lowest BCUT2D eigenvalue weighted by Gasteiger charge is -2.09. The maximum atomic E-state index is 12.4. The second kappa shape index (κ2) is 4.92. The summed E-state index contributed by atoms with van der Waals surface area (Å²) in [4.78, 5) is 27.6. The van der Waals surface area contributed by atoms with Crippen LogP contribution in [0.2, 0.25) is 0 Å². The quantitative estimate of drug-likeness (QED) is 0.789. The number of hydrogen-bond donors (Lipinski definition) is 0. The van der Waals surface area contributed by atoms with Crippen LogP contribution in [-0.4, -0.2) is 17.1 Å². The lowest BCUT2D eigenvalue weighted by Crippen LogP contribution is -2.13. The van der Waals surface area contributed by atoms with Gasteiger partial charge in [-0.05, 0) is 24.3 Å². The van der Waals surface area contributed by atoms with Crippen LogP contribution in [-0.2, 0) is 4.79 Å². The van der Waals surface area contributed by atoms with Gasteiger partial charge < -0.3 is 0 Å². The molecule has 0 amide bonds. The van der Waals surface area contributed by atoms with E-state index in [1.54, 1.807) is 6.07 Å². The molecule has 1 aromatic heterocycles. The molecule has 19 heavy (non-hydrogen) atoms. The summed E-state index contributed by atoms with van der Waals surface area (Å²) in [7, 11) is 0. The minimum absolute atomic E-state index is 0.0692. The lowest BCUT2D eigenvalue weighted by molar-refractivity contribution is 0.0918. The largest absolute Gasteiger partial charge is 0.292 e. The molecule has 1 fully saturated rings. The van der Waals surface area contributed by atoms with E-state index in [4.69, 9.17) is 0 Å². The van der Waals surface area contributed by atoms with Gasteiger partial charge in [-0.2, -0.15) is 0 Å². The van der Waals surface area contributed by atoms with E-state index in [-0.39, 0.29) is 17.4 Å². The Morgan fingerprint density at radius 2 is 1.95 bits per heavy atom. The molecular formula is C16H14NO2. The molecule has 0 atom stereocenters. The first-order valence-corrected chi connectivity index (χ1v) is 6.62. The Hall–Kier alpha value is -2.03. The number of fused-ring (bicyclic) bond motifs is 1. The summed E-state index contributed by atoms with van der Waals surface area (Å²) in [5, 5.41) is 1.62. The van der Waals surface area contributed by atoms with Crippen LogP contribution in [0, 0.1) is 5.92 Å². The Balaban J connectivity index is 2.08. The summed E-state index contributed by atoms with van der Waals surface area (Å²) in [6.07, 6.45) is 5.93. The molecule has 1 aromatic carbocycles. The molecule has 1 aliphatic carbocycles. The molecule has 0 N–H and O–H groups in total. The van der Waals surface area contributed by atoms with Gasteiger partial charge in [-0.3, -0.25) is 9.59 Å². The van der Waals surface area contributed by atoms with Gasteiger partial charge in [0.15, 0.2) is 5.78 Å². The second-order valence-corrected chi connectivity index (χ2v) is 5.02. The first kappa shape index (κ1) is 12.0. The topological polar surface area (TPSA) is 47.0 Å². The van der Waals surface area contributed by atoms with E-state index in [0.717, 1.165) is 36.5 Å². The monoisotopic (exact) mass is 252 g/mol. The van der Waals surface area contributed by atoms with E-state index in [1.807, 2.05) is 30.6 Å². The number of rotatable bonds is 3. The third-order valence-electron chi connectivity index (χ3n) is 3.82. The molecule has 0 bridgehead atoms. The van der Waals surface area contributed by atoms with Crippen LogP contribution in [0.25, 0.3) is 10.8 Å². The van der Waals surface area contributed by atoms with Crippen LogP contribution >= 0.6 is 0 Å². The van der Waals surface area contributed by atoms with E-state index in [2.05, 4.69) is 4.98 Å². The minimum atomic E-state index is 0.0692. The van der Waals surface area contributed by atoms with Crippen molar-refractivity contribution in [3.05, 3.63) is 41.7 Å². The molecule has 3 rings (SSSR count). The van der Waals surface area contributed by atoms with E-state index in [0.29, 0.717) is 5.69 Å². The smallest absolute Gasteiger partial charge is 0.254 e. The standard InChI is InChI=1S/C16H14NO2/c18-10-15-13-8-4-3-7-12(13)9-14(17-15)16(19)11-5-1-2-6-11/h3-4,7-9,11H,1-2,5-6H2. The van der Waals surface area contributed by atoms with E-state index in [1.165, 1.54) is 0 Å². The third kappa shape index (κ3) is 2.16. The van der Waals surface area contributed by atoms with Crippen LogP contribution in [0.3, 0.4) is 0 Å². The van der Waals surface area contributed by atoms with Gasteiger partial charge in [0.05, 0.1) is 0 Å². The summed E-state index contributed by atoms with van der Waals surface area (Å²) < 4.78 is 0. The molecule has 0 unspecified atom stereocenters. The average molecular weight is 252 g/mol. The van der Waals surface area contributed by atoms with Gasteiger partial charge in [-0.1, -0.05) is 37.1 Å². The fraction of sp³-hybridized carbons (Fsp3) is 0.312. The van der Waals surface area contributed by atoms with Crippen molar-refractivity contribution < 1.29 is 9.59 Å². The van der Waals surface area contributed by atoms with Crippen LogP contribution in [0.5, 0.6) is 0 Å². The summed E-state index contributed by atoms with van der Waals surface area (Å²) in [5.74, 6) is 0.146. The molecule has 1 radical (unpaired) electrons. The maximum absolute atomic E-state index is 12.4. The molecule has 1 saturated carbocycles. The van der Waals surface area contributed by atoms with Crippen molar-refractivity contribution in [1.82, 2.24) is 4.98 Å². The van der Waals surface area contributed by atoms with Gasteiger partial charge in [0, 0.05) is 11.3 Å². The van der Waals surface area contributed by atoms with Crippen LogP contribution in [0.4, 0.5) is 0 Å². The van der Waals surface area contributed by atoms with Gasteiger partial charge in [0.2, 0.25) is 0 Å². The number of benzene rings is 1. The van der Waals surface area contributed by atoms with Gasteiger partial charge in [0.25, 0.3) is 6.29 Å². The van der Waals surface area contributed by atoms with Crippen molar-refractivity contribution in [3.63, 3.8) is 0 Å². The summed E-state index contributed by atoms with van der Waals surface area (Å²) >= 11 is 0. The number of aromatic nitrogens is 1. The number of pyridine rings is 1. The number of hydrogen-bond acceptors (Lipinski definition) is 3. The van der Waals surface area contributed by atoms with Crippen LogP contribution in [0.1, 0.15) is 41.9 Å². The van der Waals surface area contributed by atoms with Crippen molar-refractivity contribution in [3.8, 4) is 0 Å². The van der Waals surface area contributed by atoms with Gasteiger partial charge in [-0.25, -0.2) is 4.98 Å². The zero-order valence-corrected chi connectivity index (χ0v) is 10.6. The first-order valence-electron chi connectivity index (χ1n) is 6.62. The molecule has 1 heterocycles. The zero-order chi connectivity index (χ0) is 13.2. The Labute approximate surface area is 111 Å². The second-order valence-electron chi connectivity index (χ2n) is 5.02. The average Bonchev–Trinajstić information content (AvgIpc) is 2.99. The normalized spacial score (nSPS) is 15.8. The molecular weight excluding hydrogens is 238 g/mol. The predicted octanol–water partition coefficient (Wildman–Crippen LogP) is 3.07. The van der Waals surface area contributed by atoms with Gasteiger partial charge in [-0.15, -0.1) is 0 Å². The number of ketones is 1. The molecule has 0 saturated heterocycles. The van der Waals surface area contributed by atoms with Crippen molar-refractivity contribution in [2.75, 3.05) is 0 Å². The lowest BCUT2D eigenvalue weighted by atomic mass is 9.98. The maximum Gasteiger partial charge on any atom is 0.254 e. The first-order chi connectivity index (χ1) is 9.29. The van der Waals surface area contributed by atoms with E-state index < -0.39 is 0 Å². The molecule has 2 aromatic rings. The summed E-state index contributed by atoms with van der Waals surface area (Å²) in [6, 6.07) is 9.25. The Kier molecular flexibility index (Phi) is 3.11. The van der Waals surface area contributed by atoms with Crippen LogP contribution < -0.4 is 0 Å². The number of carbonyl (C=O) groups excluding carboxylic acids is 2. The van der Waals surface area contributed by atoms with Crippen molar-refractivity contribution in [1.29, 1.82) is 0 Å². The highest BCUT2D eigenvalue weighted by molar-refractivity contribution is 6.03. The van der Waals surface area contributed by atoms with Gasteiger partial charge in [0.1, 0.15) is 11.4 Å². The van der Waals surface area contributed by atoms with Gasteiger partial charge >= 0.3 is 0 Å². The van der Waals surface area contributed by atoms with Crippen LogP contribution in [0.15, 0.2) is 30.3 Å². The zero-order valence-electron chi connectivity index (χ0n) is 10.6. The summed E-state index contributed by atoms with van der Waals surface area (Å²) in [5.41, 5.74) is 0.642. The highest BCUT2D eigenvalue weighted by Crippen LogP contribution is 2.28. The predicted molar refractivity (Wildman–Crippen MR) is 72.8 cm³/mol. The van der Waals surface area contributed by atoms with Crippen molar-refractivity contribution in [2.45, 2.75) is 25.7 Å². The molecule has 3 nitrogen and oxygen atoms in total. The fourth-order valence-corrected chi connectivity index (χ4v) is 2.80. The molecule has 3 heteroatoms. The number of Topliss-reactive ketones (excluding diaryl/α,β-unsaturated/α-hetero) is 1. The van der Waals surface area contributed by atoms with E-state index >= 15 is 0 Å². The molecule has 0 aliphatic heterocycles. The number of carbonyl (C=O) groups is 1. The fourth-order valence-electron chi connectivity index (χ4n) is 2.80. The molecule has 1 aliphatic rings. The Bertz CT molecular complexity index is 642. The minimum Gasteiger partial charge on any atom is -0.292 e. The van der Waals surface area contributed by atoms with E-state index in [9.17, 15) is 9.59 Å². The number of nitrogens with zero attached hydrogens (tertiary/aromatic N) is 1. The highest BCUT2D eigenvalue weighted by atomic mass is 16.1. The molecule has 0 spiro atoms. The van der Waals surface area contributed by atoms with Crippen molar-refractivity contribution >= 4 is 22.8 Å². The Morgan fingerprint density at radius 3 is 2.68 bits per heavy atom. The Morgan fingerprint density at radius 1 is 1.21 bits per heavy atom. The highest BCUT2D eigenvalue weighted by Gasteiger charge is 2.25. The SMILES string of the molecule is O=[C]c1nc(C(=O)C2CCCC2)cc2ccccc12. The van der Waals surface area contributed by atoms with Crippen molar-refractivity contribution in [2.24, 2.45) is 5.92 Å². The molecule has 95 valence electrons. The summed E-state index contributed by atoms with van der Waals surface area (Å²) in [6.45, 7) is 0.